The third-order valence-electron chi connectivity index (χ3n) is 3.38. The van der Waals surface area contributed by atoms with Gasteiger partial charge in [-0.3, -0.25) is 14.5 Å². The Morgan fingerprint density at radius 3 is 2.67 bits per heavy atom. The molecule has 2 amide bonds. The molecule has 1 aromatic carbocycles. The molecule has 1 saturated heterocycles. The first-order valence-electron chi connectivity index (χ1n) is 7.16. The number of piperazine rings is 1. The zero-order valence-corrected chi connectivity index (χ0v) is 12.2. The van der Waals surface area contributed by atoms with E-state index >= 15 is 0 Å². The minimum Gasteiger partial charge on any atom is -0.492 e. The monoisotopic (exact) mass is 291 g/mol. The number of carbonyl (C=O) groups is 2. The highest BCUT2D eigenvalue weighted by molar-refractivity contribution is 5.93. The Morgan fingerprint density at radius 1 is 1.29 bits per heavy atom. The standard InChI is InChI=1S/C15H21N3O3/c1-2-21-14-6-4-3-5-13(14)16-15(20)11-17-7-9-18(12-19)10-8-17/h3-6,12H,2,7-11H2,1H3,(H,16,20). The lowest BCUT2D eigenvalue weighted by Crippen LogP contribution is -2.48. The summed E-state index contributed by atoms with van der Waals surface area (Å²) in [5.41, 5.74) is 0.691. The fourth-order valence-corrected chi connectivity index (χ4v) is 2.27. The van der Waals surface area contributed by atoms with Gasteiger partial charge in [0.05, 0.1) is 18.8 Å². The number of rotatable bonds is 6. The number of nitrogens with one attached hydrogen (secondary N) is 1. The van der Waals surface area contributed by atoms with Gasteiger partial charge >= 0.3 is 0 Å². The van der Waals surface area contributed by atoms with Crippen molar-refractivity contribution in [3.63, 3.8) is 0 Å². The van der Waals surface area contributed by atoms with Crippen molar-refractivity contribution in [1.82, 2.24) is 9.80 Å². The molecule has 6 nitrogen and oxygen atoms in total. The zero-order chi connectivity index (χ0) is 15.1. The third kappa shape index (κ3) is 4.46. The topological polar surface area (TPSA) is 61.9 Å². The summed E-state index contributed by atoms with van der Waals surface area (Å²) in [5, 5.41) is 2.88. The second kappa shape index (κ2) is 7.64. The van der Waals surface area contributed by atoms with Crippen molar-refractivity contribution in [2.75, 3.05) is 44.6 Å². The van der Waals surface area contributed by atoms with Crippen LogP contribution in [0.25, 0.3) is 0 Å². The molecular formula is C15H21N3O3. The van der Waals surface area contributed by atoms with E-state index in [0.29, 0.717) is 37.7 Å². The smallest absolute Gasteiger partial charge is 0.238 e. The number of ether oxygens (including phenoxy) is 1. The molecule has 114 valence electrons. The number of hydrogen-bond donors (Lipinski definition) is 1. The summed E-state index contributed by atoms with van der Waals surface area (Å²) in [7, 11) is 0. The van der Waals surface area contributed by atoms with Crippen molar-refractivity contribution in [1.29, 1.82) is 0 Å². The Balaban J connectivity index is 1.86. The minimum atomic E-state index is -0.0679. The second-order valence-corrected chi connectivity index (χ2v) is 4.89. The first kappa shape index (κ1) is 15.3. The summed E-state index contributed by atoms with van der Waals surface area (Å²) in [6, 6.07) is 7.40. The largest absolute Gasteiger partial charge is 0.492 e. The second-order valence-electron chi connectivity index (χ2n) is 4.89. The summed E-state index contributed by atoms with van der Waals surface area (Å²) < 4.78 is 5.48. The quantitative estimate of drug-likeness (QED) is 0.788. The van der Waals surface area contributed by atoms with E-state index in [1.54, 1.807) is 4.90 Å². The van der Waals surface area contributed by atoms with Gasteiger partial charge in [-0.2, -0.15) is 0 Å². The van der Waals surface area contributed by atoms with E-state index in [0.717, 1.165) is 19.5 Å². The normalized spacial score (nSPS) is 15.6. The van der Waals surface area contributed by atoms with Gasteiger partial charge in [0.25, 0.3) is 0 Å². The van der Waals surface area contributed by atoms with Crippen molar-refractivity contribution < 1.29 is 14.3 Å². The molecule has 0 unspecified atom stereocenters. The molecule has 0 saturated carbocycles. The van der Waals surface area contributed by atoms with Crippen molar-refractivity contribution in [2.24, 2.45) is 0 Å². The summed E-state index contributed by atoms with van der Waals surface area (Å²) in [6.45, 7) is 5.58. The van der Waals surface area contributed by atoms with E-state index in [4.69, 9.17) is 4.74 Å². The highest BCUT2D eigenvalue weighted by atomic mass is 16.5. The molecule has 0 atom stereocenters. The molecule has 1 aromatic rings. The van der Waals surface area contributed by atoms with E-state index in [1.165, 1.54) is 0 Å². The molecule has 0 spiro atoms. The number of carbonyl (C=O) groups excluding carboxylic acids is 2. The van der Waals surface area contributed by atoms with Crippen LogP contribution in [0.1, 0.15) is 6.92 Å². The number of nitrogens with zero attached hydrogens (tertiary/aromatic N) is 2. The van der Waals surface area contributed by atoms with Gasteiger partial charge in [0.15, 0.2) is 0 Å². The number of para-hydroxylation sites is 2. The molecule has 1 N–H and O–H groups in total. The Morgan fingerprint density at radius 2 is 2.00 bits per heavy atom. The van der Waals surface area contributed by atoms with E-state index in [1.807, 2.05) is 36.1 Å². The van der Waals surface area contributed by atoms with Gasteiger partial charge < -0.3 is 15.0 Å². The van der Waals surface area contributed by atoms with Crippen LogP contribution in [-0.2, 0) is 9.59 Å². The van der Waals surface area contributed by atoms with E-state index in [9.17, 15) is 9.59 Å². The highest BCUT2D eigenvalue weighted by Crippen LogP contribution is 2.23. The van der Waals surface area contributed by atoms with E-state index in [-0.39, 0.29) is 5.91 Å². The van der Waals surface area contributed by atoms with Gasteiger partial charge in [-0.1, -0.05) is 12.1 Å². The van der Waals surface area contributed by atoms with Gasteiger partial charge in [-0.25, -0.2) is 0 Å². The molecule has 0 aliphatic carbocycles. The average molecular weight is 291 g/mol. The lowest BCUT2D eigenvalue weighted by molar-refractivity contribution is -0.120. The first-order valence-corrected chi connectivity index (χ1v) is 7.16. The van der Waals surface area contributed by atoms with E-state index < -0.39 is 0 Å². The molecular weight excluding hydrogens is 270 g/mol. The first-order chi connectivity index (χ1) is 10.2. The van der Waals surface area contributed by atoms with Gasteiger partial charge in [0.1, 0.15) is 5.75 Å². The number of hydrogen-bond acceptors (Lipinski definition) is 4. The predicted octanol–water partition coefficient (Wildman–Crippen LogP) is 0.798. The van der Waals surface area contributed by atoms with Crippen LogP contribution in [0, 0.1) is 0 Å². The molecule has 0 bridgehead atoms. The summed E-state index contributed by atoms with van der Waals surface area (Å²) in [6.07, 6.45) is 0.857. The lowest BCUT2D eigenvalue weighted by Gasteiger charge is -2.31. The summed E-state index contributed by atoms with van der Waals surface area (Å²) in [5.74, 6) is 0.612. The zero-order valence-electron chi connectivity index (χ0n) is 12.2. The van der Waals surface area contributed by atoms with Crippen LogP contribution >= 0.6 is 0 Å². The molecule has 1 aliphatic heterocycles. The Labute approximate surface area is 124 Å². The average Bonchev–Trinajstić information content (AvgIpc) is 2.50. The minimum absolute atomic E-state index is 0.0679. The fourth-order valence-electron chi connectivity index (χ4n) is 2.27. The van der Waals surface area contributed by atoms with Crippen molar-refractivity contribution in [3.05, 3.63) is 24.3 Å². The van der Waals surface area contributed by atoms with Gasteiger partial charge in [-0.15, -0.1) is 0 Å². The van der Waals surface area contributed by atoms with Crippen molar-refractivity contribution in [2.45, 2.75) is 6.92 Å². The maximum Gasteiger partial charge on any atom is 0.238 e. The molecule has 2 rings (SSSR count). The van der Waals surface area contributed by atoms with Crippen LogP contribution in [0.2, 0.25) is 0 Å². The molecule has 1 fully saturated rings. The van der Waals surface area contributed by atoms with Gasteiger partial charge in [0.2, 0.25) is 12.3 Å². The van der Waals surface area contributed by atoms with Crippen LogP contribution in [0.4, 0.5) is 5.69 Å². The fraction of sp³-hybridized carbons (Fsp3) is 0.467. The van der Waals surface area contributed by atoms with Crippen molar-refractivity contribution >= 4 is 18.0 Å². The third-order valence-corrected chi connectivity index (χ3v) is 3.38. The van der Waals surface area contributed by atoms with E-state index in [2.05, 4.69) is 5.32 Å². The predicted molar refractivity (Wildman–Crippen MR) is 80.3 cm³/mol. The molecule has 6 heteroatoms. The Kier molecular flexibility index (Phi) is 5.57. The maximum absolute atomic E-state index is 12.1. The van der Waals surface area contributed by atoms with Gasteiger partial charge in [-0.05, 0) is 19.1 Å². The molecule has 1 heterocycles. The molecule has 0 aromatic heterocycles. The SMILES string of the molecule is CCOc1ccccc1NC(=O)CN1CCN(C=O)CC1. The van der Waals surface area contributed by atoms with Crippen LogP contribution in [0.5, 0.6) is 5.75 Å². The molecule has 21 heavy (non-hydrogen) atoms. The Hall–Kier alpha value is -2.08. The maximum atomic E-state index is 12.1. The lowest BCUT2D eigenvalue weighted by atomic mass is 10.3. The van der Waals surface area contributed by atoms with Crippen LogP contribution in [0.15, 0.2) is 24.3 Å². The van der Waals surface area contributed by atoms with Crippen LogP contribution in [0.3, 0.4) is 0 Å². The highest BCUT2D eigenvalue weighted by Gasteiger charge is 2.18. The number of amides is 2. The number of anilines is 1. The van der Waals surface area contributed by atoms with Gasteiger partial charge in [0, 0.05) is 26.2 Å². The molecule has 0 radical (unpaired) electrons. The summed E-state index contributed by atoms with van der Waals surface area (Å²) in [4.78, 5) is 26.5. The van der Waals surface area contributed by atoms with Crippen molar-refractivity contribution in [3.8, 4) is 5.75 Å². The van der Waals surface area contributed by atoms with Crippen LogP contribution in [-0.4, -0.2) is 61.4 Å². The summed E-state index contributed by atoms with van der Waals surface area (Å²) >= 11 is 0. The molecule has 1 aliphatic rings. The number of benzene rings is 1. The Bertz CT molecular complexity index is 485. The van der Waals surface area contributed by atoms with Crippen LogP contribution < -0.4 is 10.1 Å².